The first-order chi connectivity index (χ1) is 12.0. The molecule has 0 saturated heterocycles. The molecule has 25 heavy (non-hydrogen) atoms. The van der Waals surface area contributed by atoms with Gasteiger partial charge in [-0.05, 0) is 12.8 Å². The first-order valence-electron chi connectivity index (χ1n) is 11.7. The predicted molar refractivity (Wildman–Crippen MR) is 120 cm³/mol. The molecule has 0 bridgehead atoms. The molecular formula is C23H45BSi. The SMILES string of the molecule is CCCCCC/C=C(/B(C1CCCCC1)C1CCCCC1)[Si](C)(C)C. The minimum Gasteiger partial charge on any atom is -0.114 e. The minimum atomic E-state index is -1.23. The van der Waals surface area contributed by atoms with Crippen LogP contribution in [0.4, 0.5) is 0 Å². The van der Waals surface area contributed by atoms with Gasteiger partial charge in [0.1, 0.15) is 0 Å². The van der Waals surface area contributed by atoms with Crippen LogP contribution < -0.4 is 0 Å². The third kappa shape index (κ3) is 6.92. The highest BCUT2D eigenvalue weighted by atomic mass is 28.3. The van der Waals surface area contributed by atoms with Crippen molar-refractivity contribution in [3.05, 3.63) is 11.2 Å². The van der Waals surface area contributed by atoms with Crippen molar-refractivity contribution in [1.29, 1.82) is 0 Å². The van der Waals surface area contributed by atoms with E-state index in [4.69, 9.17) is 0 Å². The lowest BCUT2D eigenvalue weighted by molar-refractivity contribution is 0.464. The molecule has 0 radical (unpaired) electrons. The highest BCUT2D eigenvalue weighted by Crippen LogP contribution is 2.45. The number of unbranched alkanes of at least 4 members (excludes halogenated alkanes) is 4. The van der Waals surface area contributed by atoms with Gasteiger partial charge in [0, 0.05) is 0 Å². The molecule has 0 N–H and O–H groups in total. The molecule has 2 fully saturated rings. The van der Waals surface area contributed by atoms with E-state index in [1.807, 2.05) is 5.10 Å². The van der Waals surface area contributed by atoms with Gasteiger partial charge in [-0.2, -0.15) is 0 Å². The lowest BCUT2D eigenvalue weighted by atomic mass is 9.30. The monoisotopic (exact) mass is 360 g/mol. The number of rotatable bonds is 9. The van der Waals surface area contributed by atoms with Crippen LogP contribution in [0, 0.1) is 0 Å². The molecule has 2 saturated carbocycles. The van der Waals surface area contributed by atoms with Crippen LogP contribution in [0.25, 0.3) is 0 Å². The Morgan fingerprint density at radius 2 is 1.32 bits per heavy atom. The van der Waals surface area contributed by atoms with Crippen LogP contribution in [-0.2, 0) is 0 Å². The van der Waals surface area contributed by atoms with Crippen molar-refractivity contribution in [2.75, 3.05) is 0 Å². The molecule has 0 amide bonds. The zero-order valence-corrected chi connectivity index (χ0v) is 18.9. The summed E-state index contributed by atoms with van der Waals surface area (Å²) >= 11 is 0. The molecule has 0 atom stereocenters. The molecule has 0 aromatic carbocycles. The fourth-order valence-electron chi connectivity index (χ4n) is 5.65. The molecular weight excluding hydrogens is 315 g/mol. The molecule has 0 aromatic heterocycles. The summed E-state index contributed by atoms with van der Waals surface area (Å²) < 4.78 is 0. The van der Waals surface area contributed by atoms with Crippen molar-refractivity contribution < 1.29 is 0 Å². The maximum absolute atomic E-state index is 2.79. The van der Waals surface area contributed by atoms with Gasteiger partial charge in [-0.25, -0.2) is 0 Å². The Morgan fingerprint density at radius 1 is 0.800 bits per heavy atom. The normalized spacial score (nSPS) is 21.5. The lowest BCUT2D eigenvalue weighted by Gasteiger charge is -2.41. The number of allylic oxidation sites excluding steroid dienone is 1. The molecule has 0 nitrogen and oxygen atoms in total. The molecule has 0 aliphatic heterocycles. The molecule has 0 spiro atoms. The van der Waals surface area contributed by atoms with Crippen LogP contribution in [-0.4, -0.2) is 14.8 Å². The first-order valence-corrected chi connectivity index (χ1v) is 15.2. The summed E-state index contributed by atoms with van der Waals surface area (Å²) in [5, 5.41) is 1.99. The molecule has 2 aliphatic carbocycles. The summed E-state index contributed by atoms with van der Waals surface area (Å²) in [6.45, 7) is 11.2. The second-order valence-electron chi connectivity index (χ2n) is 10.1. The Balaban J connectivity index is 2.16. The van der Waals surface area contributed by atoms with E-state index in [1.54, 1.807) is 0 Å². The van der Waals surface area contributed by atoms with E-state index in [0.717, 1.165) is 18.3 Å². The van der Waals surface area contributed by atoms with Crippen molar-refractivity contribution in [2.24, 2.45) is 0 Å². The quantitative estimate of drug-likeness (QED) is 0.286. The highest BCUT2D eigenvalue weighted by molar-refractivity contribution is 6.99. The fourth-order valence-corrected chi connectivity index (χ4v) is 7.88. The van der Waals surface area contributed by atoms with E-state index in [9.17, 15) is 0 Å². The van der Waals surface area contributed by atoms with Crippen molar-refractivity contribution >= 4 is 14.8 Å². The average molecular weight is 361 g/mol. The lowest BCUT2D eigenvalue weighted by Crippen LogP contribution is -2.42. The zero-order chi connectivity index (χ0) is 18.1. The topological polar surface area (TPSA) is 0 Å². The second kappa shape index (κ2) is 11.0. The van der Waals surface area contributed by atoms with Crippen LogP contribution >= 0.6 is 0 Å². The second-order valence-corrected chi connectivity index (χ2v) is 15.2. The Labute approximate surface area is 160 Å². The van der Waals surface area contributed by atoms with Crippen LogP contribution in [0.5, 0.6) is 0 Å². The summed E-state index contributed by atoms with van der Waals surface area (Å²) in [5.41, 5.74) is 0. The van der Waals surface area contributed by atoms with Gasteiger partial charge in [-0.15, -0.1) is 5.10 Å². The van der Waals surface area contributed by atoms with Gasteiger partial charge < -0.3 is 0 Å². The molecule has 2 heteroatoms. The Morgan fingerprint density at radius 3 is 1.76 bits per heavy atom. The summed E-state index contributed by atoms with van der Waals surface area (Å²) in [7, 11) is -1.23. The summed E-state index contributed by atoms with van der Waals surface area (Å²) in [4.78, 5) is 0. The molecule has 0 aromatic rings. The van der Waals surface area contributed by atoms with Crippen molar-refractivity contribution in [1.82, 2.24) is 0 Å². The van der Waals surface area contributed by atoms with Gasteiger partial charge in [-0.3, -0.25) is 0 Å². The maximum Gasteiger partial charge on any atom is 0.171 e. The van der Waals surface area contributed by atoms with E-state index >= 15 is 0 Å². The van der Waals surface area contributed by atoms with Crippen LogP contribution in [0.3, 0.4) is 0 Å². The standard InChI is InChI=1S/C23H45BSi/c1-5-6-7-8-15-20-23(25(2,3)4)24(21-16-11-9-12-17-21)22-18-13-10-14-19-22/h20-22H,5-19H2,1-4H3/b23-20-. The van der Waals surface area contributed by atoms with Crippen molar-refractivity contribution in [2.45, 2.75) is 135 Å². The van der Waals surface area contributed by atoms with E-state index in [-0.39, 0.29) is 0 Å². The first kappa shape index (κ1) is 21.3. The third-order valence-electron chi connectivity index (χ3n) is 6.96. The van der Waals surface area contributed by atoms with E-state index in [0.29, 0.717) is 0 Å². The maximum atomic E-state index is 2.79. The Hall–Kier alpha value is 0.0218. The molecule has 2 aliphatic rings. The van der Waals surface area contributed by atoms with E-state index in [2.05, 4.69) is 32.6 Å². The molecule has 2 rings (SSSR count). The van der Waals surface area contributed by atoms with Crippen LogP contribution in [0.2, 0.25) is 31.3 Å². The van der Waals surface area contributed by atoms with Crippen molar-refractivity contribution in [3.8, 4) is 0 Å². The smallest absolute Gasteiger partial charge is 0.114 e. The van der Waals surface area contributed by atoms with Gasteiger partial charge in [0.05, 0.1) is 8.07 Å². The zero-order valence-electron chi connectivity index (χ0n) is 17.9. The Bertz CT molecular complexity index is 365. The minimum absolute atomic E-state index is 0.957. The van der Waals surface area contributed by atoms with Gasteiger partial charge >= 0.3 is 0 Å². The van der Waals surface area contributed by atoms with Gasteiger partial charge in [0.25, 0.3) is 0 Å². The summed E-state index contributed by atoms with van der Waals surface area (Å²) in [6.07, 6.45) is 24.9. The van der Waals surface area contributed by atoms with Gasteiger partial charge in [0.2, 0.25) is 0 Å². The van der Waals surface area contributed by atoms with Crippen LogP contribution in [0.15, 0.2) is 11.2 Å². The largest absolute Gasteiger partial charge is 0.171 e. The molecule has 144 valence electrons. The van der Waals surface area contributed by atoms with Gasteiger partial charge in [0.15, 0.2) is 6.71 Å². The van der Waals surface area contributed by atoms with Crippen molar-refractivity contribution in [3.63, 3.8) is 0 Å². The van der Waals surface area contributed by atoms with Gasteiger partial charge in [-0.1, -0.05) is 128 Å². The van der Waals surface area contributed by atoms with E-state index in [1.165, 1.54) is 96.3 Å². The molecule has 0 unspecified atom stereocenters. The van der Waals surface area contributed by atoms with Crippen LogP contribution in [0.1, 0.15) is 103 Å². The van der Waals surface area contributed by atoms with E-state index < -0.39 is 8.07 Å². The Kier molecular flexibility index (Phi) is 9.38. The fraction of sp³-hybridized carbons (Fsp3) is 0.913. The predicted octanol–water partition coefficient (Wildman–Crippen LogP) is 8.46. The third-order valence-corrected chi connectivity index (χ3v) is 9.23. The number of hydrogen-bond donors (Lipinski definition) is 0. The highest BCUT2D eigenvalue weighted by Gasteiger charge is 2.40. The average Bonchev–Trinajstić information content (AvgIpc) is 2.61. The summed E-state index contributed by atoms with van der Waals surface area (Å²) in [5.74, 6) is 2.04. The number of hydrogen-bond acceptors (Lipinski definition) is 0. The summed E-state index contributed by atoms with van der Waals surface area (Å²) in [6, 6.07) is 0. The molecule has 0 heterocycles.